The Morgan fingerprint density at radius 1 is 1.14 bits per heavy atom. The lowest BCUT2D eigenvalue weighted by Crippen LogP contribution is -2.30. The van der Waals surface area contributed by atoms with Gasteiger partial charge in [-0.25, -0.2) is 4.98 Å². The molecule has 5 rings (SSSR count). The van der Waals surface area contributed by atoms with E-state index < -0.39 is 23.5 Å². The lowest BCUT2D eigenvalue weighted by Gasteiger charge is -2.22. The van der Waals surface area contributed by atoms with Gasteiger partial charge in [-0.3, -0.25) is 19.5 Å². The number of aryl methyl sites for hydroxylation is 1. The van der Waals surface area contributed by atoms with Gasteiger partial charge in [0, 0.05) is 18.0 Å². The minimum absolute atomic E-state index is 0.140. The van der Waals surface area contributed by atoms with Gasteiger partial charge in [0.1, 0.15) is 5.76 Å². The van der Waals surface area contributed by atoms with Gasteiger partial charge in [0.25, 0.3) is 5.78 Å². The molecule has 10 heteroatoms. The van der Waals surface area contributed by atoms with Gasteiger partial charge < -0.3 is 14.8 Å². The van der Waals surface area contributed by atoms with Crippen LogP contribution in [0.25, 0.3) is 16.8 Å². The number of Topliss-reactive ketones (excluding diaryl/α,β-unsaturated/α-hetero) is 1. The number of aromatic nitrogens is 3. The number of pyridine rings is 1. The number of amides is 1. The third kappa shape index (κ3) is 3.80. The number of carbonyl (C=O) groups excluding carboxylic acids is 2. The zero-order chi connectivity index (χ0) is 24.9. The van der Waals surface area contributed by atoms with Crippen molar-refractivity contribution in [3.8, 4) is 5.75 Å². The highest BCUT2D eigenvalue weighted by Gasteiger charge is 2.48. The molecule has 4 aromatic rings. The third-order valence-electron chi connectivity index (χ3n) is 5.77. The number of benzene rings is 2. The maximum atomic E-state index is 13.3. The van der Waals surface area contributed by atoms with E-state index in [9.17, 15) is 14.7 Å². The molecule has 1 amide bonds. The highest BCUT2D eigenvalue weighted by Crippen LogP contribution is 2.43. The Balaban J connectivity index is 1.73. The zero-order valence-corrected chi connectivity index (χ0v) is 20.1. The number of ether oxygens (including phenoxy) is 1. The molecule has 1 atom stereocenters. The molecule has 8 nitrogen and oxygen atoms in total. The van der Waals surface area contributed by atoms with E-state index in [1.807, 2.05) is 25.1 Å². The van der Waals surface area contributed by atoms with Crippen LogP contribution in [0.1, 0.15) is 22.7 Å². The maximum Gasteiger partial charge on any atom is 0.302 e. The molecule has 35 heavy (non-hydrogen) atoms. The fraction of sp³-hybridized carbons (Fsp3) is 0.120. The summed E-state index contributed by atoms with van der Waals surface area (Å²) < 4.78 is 5.17. The van der Waals surface area contributed by atoms with Crippen LogP contribution in [-0.4, -0.2) is 38.9 Å². The maximum absolute atomic E-state index is 13.3. The minimum Gasteiger partial charge on any atom is -0.507 e. The standard InChI is InChI=1S/C25H18Cl2N4O4/c1-12-5-6-17-18(8-12)30-25(29-17)31-20(13-4-3-7-28-11-13)19(22(33)24(31)34)21(32)14-9-15(26)23(35-2)16(27)10-14/h3-11,20,32H,1-2H3,(H,29,30)/b21-19+. The fourth-order valence-electron chi connectivity index (χ4n) is 4.18. The number of imidazole rings is 1. The number of hydrogen-bond donors (Lipinski definition) is 2. The lowest BCUT2D eigenvalue weighted by molar-refractivity contribution is -0.132. The second kappa shape index (κ2) is 8.72. The van der Waals surface area contributed by atoms with Crippen LogP contribution < -0.4 is 9.64 Å². The molecule has 1 aliphatic heterocycles. The first-order chi connectivity index (χ1) is 16.8. The number of nitrogens with zero attached hydrogens (tertiary/aromatic N) is 3. The molecule has 1 aliphatic rings. The number of rotatable bonds is 4. The fourth-order valence-corrected chi connectivity index (χ4v) is 4.82. The molecule has 1 saturated heterocycles. The summed E-state index contributed by atoms with van der Waals surface area (Å²) in [6, 6.07) is 10.8. The Morgan fingerprint density at radius 2 is 1.89 bits per heavy atom. The number of aromatic amines is 1. The van der Waals surface area contributed by atoms with Crippen molar-refractivity contribution in [2.45, 2.75) is 13.0 Å². The molecule has 3 heterocycles. The van der Waals surface area contributed by atoms with E-state index in [2.05, 4.69) is 15.0 Å². The van der Waals surface area contributed by atoms with Crippen molar-refractivity contribution in [3.63, 3.8) is 0 Å². The van der Waals surface area contributed by atoms with Crippen LogP contribution in [0.5, 0.6) is 5.75 Å². The Kier molecular flexibility index (Phi) is 5.70. The van der Waals surface area contributed by atoms with Gasteiger partial charge in [-0.1, -0.05) is 35.3 Å². The quantitative estimate of drug-likeness (QED) is 0.222. The smallest absolute Gasteiger partial charge is 0.302 e. The summed E-state index contributed by atoms with van der Waals surface area (Å²) in [6.07, 6.45) is 3.10. The van der Waals surface area contributed by atoms with E-state index in [4.69, 9.17) is 27.9 Å². The van der Waals surface area contributed by atoms with E-state index >= 15 is 0 Å². The highest BCUT2D eigenvalue weighted by atomic mass is 35.5. The van der Waals surface area contributed by atoms with E-state index in [0.717, 1.165) is 5.56 Å². The number of H-pyrrole nitrogens is 1. The SMILES string of the molecule is COc1c(Cl)cc(/C(O)=C2\C(=O)C(=O)N(c3nc4ccc(C)cc4[nH]3)C2c2cccnc2)cc1Cl. The number of ketones is 1. The normalized spacial score (nSPS) is 17.4. The Hall–Kier alpha value is -3.88. The van der Waals surface area contributed by atoms with Crippen LogP contribution in [0, 0.1) is 6.92 Å². The number of fused-ring (bicyclic) bond motifs is 1. The first kappa shape index (κ1) is 22.9. The summed E-state index contributed by atoms with van der Waals surface area (Å²) in [6.45, 7) is 1.94. The Labute approximate surface area is 209 Å². The first-order valence-corrected chi connectivity index (χ1v) is 11.3. The minimum atomic E-state index is -0.995. The van der Waals surface area contributed by atoms with Crippen LogP contribution in [0.3, 0.4) is 0 Å². The molecular formula is C25H18Cl2N4O4. The predicted octanol–water partition coefficient (Wildman–Crippen LogP) is 5.21. The number of aliphatic hydroxyl groups excluding tert-OH is 1. The van der Waals surface area contributed by atoms with Crippen molar-refractivity contribution in [2.24, 2.45) is 0 Å². The number of methoxy groups -OCH3 is 1. The number of nitrogens with one attached hydrogen (secondary N) is 1. The molecule has 0 bridgehead atoms. The molecule has 0 radical (unpaired) electrons. The summed E-state index contributed by atoms with van der Waals surface area (Å²) >= 11 is 12.5. The number of hydrogen-bond acceptors (Lipinski definition) is 6. The Bertz CT molecular complexity index is 1510. The summed E-state index contributed by atoms with van der Waals surface area (Å²) in [7, 11) is 1.41. The van der Waals surface area contributed by atoms with Gasteiger partial charge in [0.15, 0.2) is 5.75 Å². The van der Waals surface area contributed by atoms with Crippen LogP contribution in [0.15, 0.2) is 60.4 Å². The molecule has 176 valence electrons. The molecule has 2 aromatic carbocycles. The van der Waals surface area contributed by atoms with Crippen molar-refractivity contribution in [1.29, 1.82) is 0 Å². The molecule has 2 aromatic heterocycles. The van der Waals surface area contributed by atoms with Crippen LogP contribution in [0.2, 0.25) is 10.0 Å². The topological polar surface area (TPSA) is 108 Å². The summed E-state index contributed by atoms with van der Waals surface area (Å²) in [5, 5.41) is 11.5. The number of halogens is 2. The lowest BCUT2D eigenvalue weighted by atomic mass is 9.96. The number of anilines is 1. The monoisotopic (exact) mass is 508 g/mol. The van der Waals surface area contributed by atoms with Gasteiger partial charge >= 0.3 is 5.91 Å². The van der Waals surface area contributed by atoms with Crippen molar-refractivity contribution in [1.82, 2.24) is 15.0 Å². The third-order valence-corrected chi connectivity index (χ3v) is 6.33. The molecular weight excluding hydrogens is 491 g/mol. The Morgan fingerprint density at radius 3 is 2.54 bits per heavy atom. The van der Waals surface area contributed by atoms with Crippen LogP contribution >= 0.6 is 23.2 Å². The second-order valence-electron chi connectivity index (χ2n) is 8.01. The van der Waals surface area contributed by atoms with Crippen molar-refractivity contribution >= 4 is 57.6 Å². The number of carbonyl (C=O) groups is 2. The van der Waals surface area contributed by atoms with Gasteiger partial charge in [-0.15, -0.1) is 0 Å². The van der Waals surface area contributed by atoms with Gasteiger partial charge in [-0.2, -0.15) is 0 Å². The van der Waals surface area contributed by atoms with E-state index in [0.29, 0.717) is 16.6 Å². The van der Waals surface area contributed by atoms with Crippen LogP contribution in [-0.2, 0) is 9.59 Å². The van der Waals surface area contributed by atoms with Crippen molar-refractivity contribution in [2.75, 3.05) is 12.0 Å². The van der Waals surface area contributed by atoms with Crippen molar-refractivity contribution in [3.05, 3.63) is 87.2 Å². The molecule has 2 N–H and O–H groups in total. The molecule has 0 spiro atoms. The molecule has 0 saturated carbocycles. The summed E-state index contributed by atoms with van der Waals surface area (Å²) in [5.41, 5.74) is 2.87. The largest absolute Gasteiger partial charge is 0.507 e. The average molecular weight is 509 g/mol. The van der Waals surface area contributed by atoms with Gasteiger partial charge in [-0.05, 0) is 48.4 Å². The van der Waals surface area contributed by atoms with Gasteiger partial charge in [0.05, 0.1) is 39.8 Å². The highest BCUT2D eigenvalue weighted by molar-refractivity contribution is 6.51. The summed E-state index contributed by atoms with van der Waals surface area (Å²) in [4.78, 5) is 39.6. The average Bonchev–Trinajstić information content (AvgIpc) is 3.36. The van der Waals surface area contributed by atoms with E-state index in [1.165, 1.54) is 30.3 Å². The molecule has 1 fully saturated rings. The first-order valence-electron chi connectivity index (χ1n) is 10.5. The number of aliphatic hydroxyl groups is 1. The predicted molar refractivity (Wildman–Crippen MR) is 133 cm³/mol. The zero-order valence-electron chi connectivity index (χ0n) is 18.5. The van der Waals surface area contributed by atoms with E-state index in [-0.39, 0.29) is 32.9 Å². The second-order valence-corrected chi connectivity index (χ2v) is 8.82. The molecule has 1 unspecified atom stereocenters. The summed E-state index contributed by atoms with van der Waals surface area (Å²) in [5.74, 6) is -1.76. The van der Waals surface area contributed by atoms with Crippen LogP contribution in [0.4, 0.5) is 5.95 Å². The van der Waals surface area contributed by atoms with E-state index in [1.54, 1.807) is 18.3 Å². The molecule has 0 aliphatic carbocycles. The van der Waals surface area contributed by atoms with Gasteiger partial charge in [0.2, 0.25) is 5.95 Å². The van der Waals surface area contributed by atoms with Crippen molar-refractivity contribution < 1.29 is 19.4 Å².